The van der Waals surface area contributed by atoms with E-state index in [2.05, 4.69) is 10.3 Å². The monoisotopic (exact) mass is 267 g/mol. The molecule has 3 N–H and O–H groups in total. The van der Waals surface area contributed by atoms with Gasteiger partial charge < -0.3 is 20.5 Å². The summed E-state index contributed by atoms with van der Waals surface area (Å²) in [6.07, 6.45) is 3.24. The lowest BCUT2D eigenvalue weighted by Gasteiger charge is -2.41. The van der Waals surface area contributed by atoms with Crippen molar-refractivity contribution < 1.29 is 9.47 Å². The number of pyridine rings is 1. The molecule has 0 radical (unpaired) electrons. The van der Waals surface area contributed by atoms with Crippen molar-refractivity contribution in [3.63, 3.8) is 0 Å². The molecule has 2 aliphatic rings. The topological polar surface area (TPSA) is 69.4 Å². The number of aromatic nitrogens is 1. The third-order valence-electron chi connectivity index (χ3n) is 3.65. The van der Waals surface area contributed by atoms with Crippen molar-refractivity contribution in [1.82, 2.24) is 10.3 Å². The first-order valence-corrected chi connectivity index (χ1v) is 6.38. The fourth-order valence-corrected chi connectivity index (χ4v) is 2.81. The van der Waals surface area contributed by atoms with Crippen molar-refractivity contribution in [2.75, 3.05) is 6.61 Å². The number of nitrogens with zero attached hydrogens (tertiary/aromatic N) is 1. The van der Waals surface area contributed by atoms with Crippen LogP contribution in [0.5, 0.6) is 11.6 Å². The average Bonchev–Trinajstić information content (AvgIpc) is 2.48. The van der Waals surface area contributed by atoms with Crippen LogP contribution in [0, 0.1) is 0 Å². The van der Waals surface area contributed by atoms with Gasteiger partial charge in [-0.25, -0.2) is 4.98 Å². The third-order valence-corrected chi connectivity index (χ3v) is 3.65. The van der Waals surface area contributed by atoms with Crippen LogP contribution in [0.25, 0.3) is 0 Å². The molecule has 4 rings (SSSR count). The summed E-state index contributed by atoms with van der Waals surface area (Å²) in [5.41, 5.74) is 7.28. The maximum absolute atomic E-state index is 5.92. The molecule has 1 spiro atoms. The second-order valence-electron chi connectivity index (χ2n) is 4.87. The van der Waals surface area contributed by atoms with E-state index in [9.17, 15) is 0 Å². The molecule has 1 atom stereocenters. The fraction of sp³-hybridized carbons (Fsp3) is 0.133. The molecule has 3 heterocycles. The Balaban J connectivity index is 2.00. The number of benzene rings is 1. The van der Waals surface area contributed by atoms with Crippen molar-refractivity contribution in [1.29, 1.82) is 0 Å². The summed E-state index contributed by atoms with van der Waals surface area (Å²) in [6.45, 7) is 0.437. The van der Waals surface area contributed by atoms with Gasteiger partial charge in [-0.15, -0.1) is 0 Å². The van der Waals surface area contributed by atoms with Gasteiger partial charge in [0.05, 0.1) is 0 Å². The zero-order valence-electron chi connectivity index (χ0n) is 10.7. The standard InChI is InChI=1S/C15H13N3O2/c16-13-8-19-9-15(18-13)10-4-1-2-6-12(10)20-14-11(15)5-3-7-17-14/h1-8,18H,9,16H2. The minimum Gasteiger partial charge on any atom is -0.494 e. The molecule has 100 valence electrons. The summed E-state index contributed by atoms with van der Waals surface area (Å²) in [6, 6.07) is 11.7. The van der Waals surface area contributed by atoms with E-state index < -0.39 is 5.54 Å². The molecule has 0 aliphatic carbocycles. The van der Waals surface area contributed by atoms with E-state index in [0.717, 1.165) is 16.9 Å². The zero-order chi connectivity index (χ0) is 13.6. The molecule has 1 unspecified atom stereocenters. The highest BCUT2D eigenvalue weighted by atomic mass is 16.5. The van der Waals surface area contributed by atoms with E-state index in [1.165, 1.54) is 6.26 Å². The first kappa shape index (κ1) is 11.2. The highest BCUT2D eigenvalue weighted by molar-refractivity contribution is 5.55. The highest BCUT2D eigenvalue weighted by Crippen LogP contribution is 2.46. The first-order valence-electron chi connectivity index (χ1n) is 6.38. The van der Waals surface area contributed by atoms with Crippen molar-refractivity contribution in [3.05, 3.63) is 65.8 Å². The number of fused-ring (bicyclic) bond motifs is 4. The van der Waals surface area contributed by atoms with Crippen LogP contribution in [-0.4, -0.2) is 11.6 Å². The molecular formula is C15H13N3O2. The average molecular weight is 267 g/mol. The van der Waals surface area contributed by atoms with Crippen LogP contribution in [-0.2, 0) is 10.3 Å². The van der Waals surface area contributed by atoms with Gasteiger partial charge in [0.25, 0.3) is 0 Å². The predicted molar refractivity (Wildman–Crippen MR) is 72.9 cm³/mol. The van der Waals surface area contributed by atoms with Crippen molar-refractivity contribution in [2.24, 2.45) is 5.73 Å². The Kier molecular flexibility index (Phi) is 2.18. The lowest BCUT2D eigenvalue weighted by atomic mass is 9.81. The van der Waals surface area contributed by atoms with Crippen LogP contribution in [0.1, 0.15) is 11.1 Å². The van der Waals surface area contributed by atoms with Crippen LogP contribution < -0.4 is 15.8 Å². The molecule has 0 amide bonds. The molecule has 5 nitrogen and oxygen atoms in total. The molecule has 2 aliphatic heterocycles. The van der Waals surface area contributed by atoms with Gasteiger partial charge in [0.2, 0.25) is 5.88 Å². The van der Waals surface area contributed by atoms with Crippen molar-refractivity contribution in [2.45, 2.75) is 5.54 Å². The largest absolute Gasteiger partial charge is 0.494 e. The first-order chi connectivity index (χ1) is 9.79. The van der Waals surface area contributed by atoms with Gasteiger partial charge in [-0.2, -0.15) is 0 Å². The molecule has 0 saturated carbocycles. The molecule has 0 saturated heterocycles. The maximum atomic E-state index is 5.92. The summed E-state index contributed by atoms with van der Waals surface area (Å²) >= 11 is 0. The zero-order valence-corrected chi connectivity index (χ0v) is 10.7. The minimum atomic E-state index is -0.558. The Morgan fingerprint density at radius 2 is 2.00 bits per heavy atom. The molecule has 0 fully saturated rings. The number of hydrogen-bond acceptors (Lipinski definition) is 5. The summed E-state index contributed by atoms with van der Waals surface area (Å²) < 4.78 is 11.4. The lowest BCUT2D eigenvalue weighted by molar-refractivity contribution is 0.136. The molecular weight excluding hydrogens is 254 g/mol. The number of nitrogens with one attached hydrogen (secondary N) is 1. The van der Waals surface area contributed by atoms with E-state index in [0.29, 0.717) is 18.3 Å². The normalized spacial score (nSPS) is 22.7. The Morgan fingerprint density at radius 1 is 1.15 bits per heavy atom. The van der Waals surface area contributed by atoms with Crippen molar-refractivity contribution in [3.8, 4) is 11.6 Å². The fourth-order valence-electron chi connectivity index (χ4n) is 2.81. The number of nitrogens with two attached hydrogens (primary N) is 1. The summed E-state index contributed by atoms with van der Waals surface area (Å²) in [5, 5.41) is 3.34. The van der Waals surface area contributed by atoms with Crippen LogP contribution >= 0.6 is 0 Å². The highest BCUT2D eigenvalue weighted by Gasteiger charge is 2.45. The number of hydrogen-bond donors (Lipinski definition) is 2. The molecule has 0 bridgehead atoms. The SMILES string of the molecule is NC1=COCC2(N1)c1ccccc1Oc1ncccc12. The van der Waals surface area contributed by atoms with Crippen LogP contribution in [0.3, 0.4) is 0 Å². The predicted octanol–water partition coefficient (Wildman–Crippen LogP) is 1.81. The van der Waals surface area contributed by atoms with Crippen LogP contribution in [0.4, 0.5) is 0 Å². The van der Waals surface area contributed by atoms with E-state index >= 15 is 0 Å². The second kappa shape index (κ2) is 3.90. The van der Waals surface area contributed by atoms with Crippen LogP contribution in [0.15, 0.2) is 54.7 Å². The van der Waals surface area contributed by atoms with Crippen molar-refractivity contribution >= 4 is 0 Å². The molecule has 5 heteroatoms. The summed E-state index contributed by atoms with van der Waals surface area (Å²) in [7, 11) is 0. The Morgan fingerprint density at radius 3 is 2.90 bits per heavy atom. The number of rotatable bonds is 0. The quantitative estimate of drug-likeness (QED) is 0.762. The van der Waals surface area contributed by atoms with E-state index in [-0.39, 0.29) is 0 Å². The van der Waals surface area contributed by atoms with Gasteiger partial charge in [0.15, 0.2) is 0 Å². The molecule has 1 aromatic carbocycles. The smallest absolute Gasteiger partial charge is 0.225 e. The third kappa shape index (κ3) is 1.40. The Hall–Kier alpha value is -2.69. The Bertz CT molecular complexity index is 666. The molecule has 2 aromatic rings. The maximum Gasteiger partial charge on any atom is 0.225 e. The Labute approximate surface area is 116 Å². The second-order valence-corrected chi connectivity index (χ2v) is 4.87. The van der Waals surface area contributed by atoms with E-state index in [1.807, 2.05) is 36.4 Å². The van der Waals surface area contributed by atoms with Gasteiger partial charge in [-0.05, 0) is 18.2 Å². The van der Waals surface area contributed by atoms with Gasteiger partial charge in [-0.3, -0.25) is 0 Å². The van der Waals surface area contributed by atoms with Gasteiger partial charge in [-0.1, -0.05) is 18.2 Å². The molecule has 20 heavy (non-hydrogen) atoms. The number of para-hydroxylation sites is 1. The van der Waals surface area contributed by atoms with Crippen LogP contribution in [0.2, 0.25) is 0 Å². The lowest BCUT2D eigenvalue weighted by Crippen LogP contribution is -2.52. The summed E-state index contributed by atoms with van der Waals surface area (Å²) in [5.74, 6) is 1.84. The number of ether oxygens (including phenoxy) is 2. The minimum absolute atomic E-state index is 0.437. The van der Waals surface area contributed by atoms with Gasteiger partial charge in [0.1, 0.15) is 30.0 Å². The van der Waals surface area contributed by atoms with Gasteiger partial charge >= 0.3 is 0 Å². The van der Waals surface area contributed by atoms with Gasteiger partial charge in [0, 0.05) is 17.3 Å². The summed E-state index contributed by atoms with van der Waals surface area (Å²) in [4.78, 5) is 4.31. The van der Waals surface area contributed by atoms with E-state index in [4.69, 9.17) is 15.2 Å². The van der Waals surface area contributed by atoms with E-state index in [1.54, 1.807) is 6.20 Å². The molecule has 1 aromatic heterocycles.